The van der Waals surface area contributed by atoms with E-state index in [-0.39, 0.29) is 11.7 Å². The maximum absolute atomic E-state index is 13.2. The van der Waals surface area contributed by atoms with Gasteiger partial charge in [-0.3, -0.25) is 9.78 Å². The molecule has 5 heteroatoms. The van der Waals surface area contributed by atoms with Crippen LogP contribution in [-0.4, -0.2) is 23.7 Å². The van der Waals surface area contributed by atoms with Gasteiger partial charge in [-0.25, -0.2) is 4.39 Å². The molecule has 2 aromatic rings. The van der Waals surface area contributed by atoms with Crippen molar-refractivity contribution in [2.45, 2.75) is 4.90 Å². The van der Waals surface area contributed by atoms with Crippen molar-refractivity contribution in [2.24, 2.45) is 0 Å². The van der Waals surface area contributed by atoms with E-state index in [0.717, 1.165) is 21.7 Å². The summed E-state index contributed by atoms with van der Waals surface area (Å²) >= 11 is 1.51. The molecule has 3 nitrogen and oxygen atoms in total. The fraction of sp³-hybridized carbons (Fsp3) is 0.143. The highest BCUT2D eigenvalue weighted by atomic mass is 32.2. The molecule has 0 atom stereocenters. The molecule has 0 fully saturated rings. The van der Waals surface area contributed by atoms with Crippen LogP contribution in [0.3, 0.4) is 0 Å². The number of carbonyl (C=O) groups is 1. The molecule has 1 amide bonds. The molecule has 0 saturated heterocycles. The maximum atomic E-state index is 13.2. The van der Waals surface area contributed by atoms with Crippen LogP contribution in [0.25, 0.3) is 11.1 Å². The molecule has 0 unspecified atom stereocenters. The molecule has 1 aliphatic heterocycles. The Morgan fingerprint density at radius 1 is 1.26 bits per heavy atom. The number of halogens is 1. The second kappa shape index (κ2) is 4.66. The largest absolute Gasteiger partial charge is 0.314 e. The highest BCUT2D eigenvalue weighted by Gasteiger charge is 2.21. The van der Waals surface area contributed by atoms with Crippen molar-refractivity contribution in [1.82, 2.24) is 4.98 Å². The fourth-order valence-electron chi connectivity index (χ4n) is 2.03. The molecule has 19 heavy (non-hydrogen) atoms. The van der Waals surface area contributed by atoms with Crippen molar-refractivity contribution in [2.75, 3.05) is 17.7 Å². The van der Waals surface area contributed by atoms with Crippen molar-refractivity contribution in [1.29, 1.82) is 0 Å². The Balaban J connectivity index is 2.05. The smallest absolute Gasteiger partial charge is 0.237 e. The predicted octanol–water partition coefficient (Wildman–Crippen LogP) is 2.96. The lowest BCUT2D eigenvalue weighted by atomic mass is 10.1. The Kier molecular flexibility index (Phi) is 2.98. The number of hydrogen-bond acceptors (Lipinski definition) is 3. The van der Waals surface area contributed by atoms with Gasteiger partial charge >= 0.3 is 0 Å². The van der Waals surface area contributed by atoms with Gasteiger partial charge in [0.25, 0.3) is 0 Å². The number of hydrogen-bond donors (Lipinski definition) is 0. The van der Waals surface area contributed by atoms with Crippen molar-refractivity contribution in [3.63, 3.8) is 0 Å². The van der Waals surface area contributed by atoms with Crippen molar-refractivity contribution in [3.05, 3.63) is 42.5 Å². The zero-order valence-corrected chi connectivity index (χ0v) is 11.1. The van der Waals surface area contributed by atoms with Crippen LogP contribution in [0.4, 0.5) is 10.1 Å². The molecule has 0 N–H and O–H groups in total. The van der Waals surface area contributed by atoms with Gasteiger partial charge in [0.1, 0.15) is 5.82 Å². The third-order valence-corrected chi connectivity index (χ3v) is 4.11. The van der Waals surface area contributed by atoms with Gasteiger partial charge in [-0.2, -0.15) is 0 Å². The summed E-state index contributed by atoms with van der Waals surface area (Å²) in [5, 5.41) is 0. The number of pyridine rings is 1. The van der Waals surface area contributed by atoms with Crippen molar-refractivity contribution in [3.8, 4) is 11.1 Å². The summed E-state index contributed by atoms with van der Waals surface area (Å²) in [6, 6.07) is 7.20. The monoisotopic (exact) mass is 274 g/mol. The number of carbonyl (C=O) groups excluding carboxylic acids is 1. The van der Waals surface area contributed by atoms with E-state index < -0.39 is 0 Å². The lowest BCUT2D eigenvalue weighted by molar-refractivity contribution is -0.116. The van der Waals surface area contributed by atoms with E-state index in [1.807, 2.05) is 18.2 Å². The Bertz CT molecular complexity index is 660. The highest BCUT2D eigenvalue weighted by molar-refractivity contribution is 8.00. The minimum Gasteiger partial charge on any atom is -0.314 e. The summed E-state index contributed by atoms with van der Waals surface area (Å²) in [5.41, 5.74) is 2.54. The lowest BCUT2D eigenvalue weighted by Crippen LogP contribution is -2.31. The van der Waals surface area contributed by atoms with E-state index in [4.69, 9.17) is 0 Å². The van der Waals surface area contributed by atoms with E-state index in [9.17, 15) is 9.18 Å². The molecular formula is C14H11FN2OS. The number of nitrogens with zero attached hydrogens (tertiary/aromatic N) is 2. The second-order valence-corrected chi connectivity index (χ2v) is 5.33. The number of fused-ring (bicyclic) bond motifs is 1. The first-order chi connectivity index (χ1) is 9.15. The maximum Gasteiger partial charge on any atom is 0.237 e. The molecule has 1 aromatic heterocycles. The van der Waals surface area contributed by atoms with Gasteiger partial charge in [-0.05, 0) is 23.8 Å². The molecule has 0 spiro atoms. The molecule has 3 rings (SSSR count). The minimum absolute atomic E-state index is 0.0951. The van der Waals surface area contributed by atoms with Crippen molar-refractivity contribution < 1.29 is 9.18 Å². The van der Waals surface area contributed by atoms with Gasteiger partial charge in [0, 0.05) is 23.7 Å². The summed E-state index contributed by atoms with van der Waals surface area (Å²) in [6.45, 7) is 0. The average Bonchev–Trinajstić information content (AvgIpc) is 2.43. The van der Waals surface area contributed by atoms with Gasteiger partial charge in [-0.1, -0.05) is 6.07 Å². The van der Waals surface area contributed by atoms with Crippen LogP contribution in [0.2, 0.25) is 0 Å². The summed E-state index contributed by atoms with van der Waals surface area (Å²) in [4.78, 5) is 18.1. The second-order valence-electron chi connectivity index (χ2n) is 4.32. The number of aromatic nitrogens is 1. The first-order valence-corrected chi connectivity index (χ1v) is 6.78. The Morgan fingerprint density at radius 2 is 2.11 bits per heavy atom. The van der Waals surface area contributed by atoms with Crippen LogP contribution in [0.1, 0.15) is 0 Å². The van der Waals surface area contributed by atoms with Gasteiger partial charge in [0.05, 0.1) is 17.6 Å². The third-order valence-electron chi connectivity index (χ3n) is 3.08. The molecular weight excluding hydrogens is 263 g/mol. The van der Waals surface area contributed by atoms with E-state index in [0.29, 0.717) is 5.75 Å². The van der Waals surface area contributed by atoms with E-state index in [2.05, 4.69) is 4.98 Å². The predicted molar refractivity (Wildman–Crippen MR) is 73.8 cm³/mol. The number of rotatable bonds is 1. The zero-order valence-electron chi connectivity index (χ0n) is 10.3. The zero-order chi connectivity index (χ0) is 13.4. The molecule has 2 heterocycles. The molecule has 0 radical (unpaired) electrons. The SMILES string of the molecule is CN1C(=O)CSc2cc(-c3cncc(F)c3)ccc21. The van der Waals surface area contributed by atoms with Crippen LogP contribution in [-0.2, 0) is 4.79 Å². The van der Waals surface area contributed by atoms with Crippen molar-refractivity contribution >= 4 is 23.4 Å². The van der Waals surface area contributed by atoms with E-state index in [1.54, 1.807) is 18.1 Å². The van der Waals surface area contributed by atoms with E-state index >= 15 is 0 Å². The van der Waals surface area contributed by atoms with Gasteiger partial charge in [0.15, 0.2) is 0 Å². The van der Waals surface area contributed by atoms with Crippen LogP contribution < -0.4 is 4.90 Å². The summed E-state index contributed by atoms with van der Waals surface area (Å²) in [5.74, 6) is 0.182. The lowest BCUT2D eigenvalue weighted by Gasteiger charge is -2.25. The number of benzene rings is 1. The van der Waals surface area contributed by atoms with Crippen LogP contribution in [0.15, 0.2) is 41.6 Å². The molecule has 0 bridgehead atoms. The topological polar surface area (TPSA) is 33.2 Å². The third kappa shape index (κ3) is 2.21. The quantitative estimate of drug-likeness (QED) is 0.801. The number of thioether (sulfide) groups is 1. The van der Waals surface area contributed by atoms with E-state index in [1.165, 1.54) is 24.0 Å². The molecule has 96 valence electrons. The normalized spacial score (nSPS) is 14.4. The number of amides is 1. The average molecular weight is 274 g/mol. The fourth-order valence-corrected chi connectivity index (χ4v) is 3.06. The molecule has 1 aromatic carbocycles. The summed E-state index contributed by atoms with van der Waals surface area (Å²) in [6.07, 6.45) is 2.82. The van der Waals surface area contributed by atoms with Gasteiger partial charge in [0.2, 0.25) is 5.91 Å². The highest BCUT2D eigenvalue weighted by Crippen LogP contribution is 2.37. The van der Waals surface area contributed by atoms with Crippen LogP contribution in [0, 0.1) is 5.82 Å². The Labute approximate surface area is 114 Å². The van der Waals surface area contributed by atoms with Gasteiger partial charge < -0.3 is 4.90 Å². The number of anilines is 1. The van der Waals surface area contributed by atoms with Gasteiger partial charge in [-0.15, -0.1) is 11.8 Å². The first kappa shape index (κ1) is 12.2. The minimum atomic E-state index is -0.352. The summed E-state index contributed by atoms with van der Waals surface area (Å²) in [7, 11) is 1.77. The summed E-state index contributed by atoms with van der Waals surface area (Å²) < 4.78 is 13.2. The molecule has 1 aliphatic rings. The van der Waals surface area contributed by atoms with Crippen LogP contribution in [0.5, 0.6) is 0 Å². The van der Waals surface area contributed by atoms with Crippen LogP contribution >= 0.6 is 11.8 Å². The Hall–Kier alpha value is -1.88. The Morgan fingerprint density at radius 3 is 2.89 bits per heavy atom. The molecule has 0 aliphatic carbocycles. The first-order valence-electron chi connectivity index (χ1n) is 5.79. The molecule has 0 saturated carbocycles. The standard InChI is InChI=1S/C14H11FN2OS/c1-17-12-3-2-9(5-13(12)19-8-14(17)18)10-4-11(15)7-16-6-10/h2-7H,8H2,1H3.